The van der Waals surface area contributed by atoms with Crippen LogP contribution >= 0.6 is 0 Å². The van der Waals surface area contributed by atoms with Gasteiger partial charge in [-0.3, -0.25) is 9.69 Å². The predicted octanol–water partition coefficient (Wildman–Crippen LogP) is 1.75. The average Bonchev–Trinajstić information content (AvgIpc) is 2.43. The van der Waals surface area contributed by atoms with Crippen molar-refractivity contribution in [3.05, 3.63) is 23.8 Å². The number of carboxylic acid groups (broad SMARTS) is 1. The zero-order chi connectivity index (χ0) is 14.5. The van der Waals surface area contributed by atoms with E-state index in [-0.39, 0.29) is 5.92 Å². The fourth-order valence-electron chi connectivity index (χ4n) is 2.49. The highest BCUT2D eigenvalue weighted by atomic mass is 16.5. The molecule has 5 nitrogen and oxygen atoms in total. The van der Waals surface area contributed by atoms with E-state index in [1.165, 1.54) is 0 Å². The molecule has 0 radical (unpaired) electrons. The minimum atomic E-state index is -0.690. The number of hydrogen-bond acceptors (Lipinski definition) is 4. The summed E-state index contributed by atoms with van der Waals surface area (Å²) in [6.07, 6.45) is 1.72. The first-order valence-corrected chi connectivity index (χ1v) is 7.00. The number of carboxylic acids is 1. The molecule has 1 aromatic rings. The van der Waals surface area contributed by atoms with Crippen molar-refractivity contribution in [3.8, 4) is 5.75 Å². The Morgan fingerprint density at radius 3 is 3.05 bits per heavy atom. The largest absolute Gasteiger partial charge is 0.492 e. The summed E-state index contributed by atoms with van der Waals surface area (Å²) >= 11 is 0. The first-order valence-electron chi connectivity index (χ1n) is 7.00. The SMILES string of the molecule is Cc1cc(OCCN2CCCC(C(=O)O)C2)ccc1N. The van der Waals surface area contributed by atoms with Crippen LogP contribution in [0.5, 0.6) is 5.75 Å². The summed E-state index contributed by atoms with van der Waals surface area (Å²) in [4.78, 5) is 13.2. The van der Waals surface area contributed by atoms with Crippen LogP contribution in [-0.2, 0) is 4.79 Å². The minimum Gasteiger partial charge on any atom is -0.492 e. The summed E-state index contributed by atoms with van der Waals surface area (Å²) in [5, 5.41) is 9.05. The third-order valence-electron chi connectivity index (χ3n) is 3.77. The maximum absolute atomic E-state index is 11.0. The number of ether oxygens (including phenoxy) is 1. The second-order valence-corrected chi connectivity index (χ2v) is 5.34. The predicted molar refractivity (Wildman–Crippen MR) is 77.9 cm³/mol. The monoisotopic (exact) mass is 278 g/mol. The van der Waals surface area contributed by atoms with Gasteiger partial charge < -0.3 is 15.6 Å². The summed E-state index contributed by atoms with van der Waals surface area (Å²) in [6.45, 7) is 4.85. The Labute approximate surface area is 119 Å². The van der Waals surface area contributed by atoms with E-state index >= 15 is 0 Å². The van der Waals surface area contributed by atoms with Crippen molar-refractivity contribution in [2.45, 2.75) is 19.8 Å². The highest BCUT2D eigenvalue weighted by Gasteiger charge is 2.24. The van der Waals surface area contributed by atoms with E-state index in [1.54, 1.807) is 0 Å². The van der Waals surface area contributed by atoms with E-state index in [2.05, 4.69) is 4.90 Å². The molecule has 1 unspecified atom stereocenters. The molecule has 1 aromatic carbocycles. The summed E-state index contributed by atoms with van der Waals surface area (Å²) in [6, 6.07) is 5.62. The Hall–Kier alpha value is -1.75. The van der Waals surface area contributed by atoms with Crippen LogP contribution in [0.25, 0.3) is 0 Å². The molecule has 3 N–H and O–H groups in total. The van der Waals surface area contributed by atoms with Crippen LogP contribution in [0.15, 0.2) is 18.2 Å². The molecule has 1 fully saturated rings. The molecule has 0 saturated carbocycles. The van der Waals surface area contributed by atoms with Gasteiger partial charge in [-0.1, -0.05) is 0 Å². The van der Waals surface area contributed by atoms with Crippen molar-refractivity contribution in [1.82, 2.24) is 4.90 Å². The number of nitrogens with zero attached hydrogens (tertiary/aromatic N) is 1. The lowest BCUT2D eigenvalue weighted by atomic mass is 9.98. The average molecular weight is 278 g/mol. The third-order valence-corrected chi connectivity index (χ3v) is 3.77. The number of piperidine rings is 1. The van der Waals surface area contributed by atoms with Gasteiger partial charge >= 0.3 is 5.97 Å². The Balaban J connectivity index is 1.77. The molecule has 1 aliphatic rings. The van der Waals surface area contributed by atoms with E-state index in [1.807, 2.05) is 25.1 Å². The molecule has 1 heterocycles. The fraction of sp³-hybridized carbons (Fsp3) is 0.533. The van der Waals surface area contributed by atoms with Gasteiger partial charge in [0, 0.05) is 18.8 Å². The topological polar surface area (TPSA) is 75.8 Å². The van der Waals surface area contributed by atoms with Crippen molar-refractivity contribution in [2.75, 3.05) is 32.0 Å². The van der Waals surface area contributed by atoms with Crippen LogP contribution < -0.4 is 10.5 Å². The molecule has 2 rings (SSSR count). The number of anilines is 1. The minimum absolute atomic E-state index is 0.234. The Morgan fingerprint density at radius 2 is 2.35 bits per heavy atom. The second kappa shape index (κ2) is 6.61. The van der Waals surface area contributed by atoms with Crippen molar-refractivity contribution >= 4 is 11.7 Å². The van der Waals surface area contributed by atoms with Gasteiger partial charge in [-0.25, -0.2) is 0 Å². The van der Waals surface area contributed by atoms with E-state index in [0.29, 0.717) is 13.2 Å². The smallest absolute Gasteiger partial charge is 0.307 e. The van der Waals surface area contributed by atoms with Gasteiger partial charge in [-0.05, 0) is 50.1 Å². The maximum atomic E-state index is 11.0. The van der Waals surface area contributed by atoms with E-state index in [4.69, 9.17) is 15.6 Å². The number of nitrogens with two attached hydrogens (primary N) is 1. The normalized spacial score (nSPS) is 19.8. The quantitative estimate of drug-likeness (QED) is 0.803. The van der Waals surface area contributed by atoms with E-state index in [9.17, 15) is 4.79 Å². The Bertz CT molecular complexity index is 476. The third kappa shape index (κ3) is 3.87. The molecule has 0 aromatic heterocycles. The molecule has 0 spiro atoms. The molecule has 0 bridgehead atoms. The van der Waals surface area contributed by atoms with Gasteiger partial charge in [0.05, 0.1) is 5.92 Å². The number of carbonyl (C=O) groups is 1. The van der Waals surface area contributed by atoms with Gasteiger partial charge in [0.2, 0.25) is 0 Å². The molecule has 1 aliphatic heterocycles. The summed E-state index contributed by atoms with van der Waals surface area (Å²) in [7, 11) is 0. The molecular formula is C15H22N2O3. The highest BCUT2D eigenvalue weighted by Crippen LogP contribution is 2.19. The summed E-state index contributed by atoms with van der Waals surface area (Å²) in [5.74, 6) is -0.115. The zero-order valence-electron chi connectivity index (χ0n) is 11.8. The van der Waals surface area contributed by atoms with Gasteiger partial charge in [0.1, 0.15) is 12.4 Å². The molecular weight excluding hydrogens is 256 g/mol. The molecule has 110 valence electrons. The molecule has 20 heavy (non-hydrogen) atoms. The van der Waals surface area contributed by atoms with Gasteiger partial charge in [-0.2, -0.15) is 0 Å². The maximum Gasteiger partial charge on any atom is 0.307 e. The van der Waals surface area contributed by atoms with Gasteiger partial charge in [-0.15, -0.1) is 0 Å². The Kier molecular flexibility index (Phi) is 4.84. The molecule has 1 saturated heterocycles. The molecule has 1 atom stereocenters. The lowest BCUT2D eigenvalue weighted by Gasteiger charge is -2.30. The van der Waals surface area contributed by atoms with Crippen molar-refractivity contribution in [3.63, 3.8) is 0 Å². The van der Waals surface area contributed by atoms with Crippen molar-refractivity contribution < 1.29 is 14.6 Å². The van der Waals surface area contributed by atoms with Gasteiger partial charge in [0.25, 0.3) is 0 Å². The lowest BCUT2D eigenvalue weighted by Crippen LogP contribution is -2.40. The molecule has 0 aliphatic carbocycles. The number of aliphatic carboxylic acids is 1. The van der Waals surface area contributed by atoms with Crippen LogP contribution in [0.4, 0.5) is 5.69 Å². The number of nitrogen functional groups attached to an aromatic ring is 1. The zero-order valence-corrected chi connectivity index (χ0v) is 11.8. The van der Waals surface area contributed by atoms with Crippen LogP contribution in [0.1, 0.15) is 18.4 Å². The van der Waals surface area contributed by atoms with Crippen LogP contribution in [0.2, 0.25) is 0 Å². The first kappa shape index (κ1) is 14.7. The number of aryl methyl sites for hydroxylation is 1. The summed E-state index contributed by atoms with van der Waals surface area (Å²) < 4.78 is 5.70. The molecule has 5 heteroatoms. The number of hydrogen-bond donors (Lipinski definition) is 2. The van der Waals surface area contributed by atoms with Crippen LogP contribution in [0.3, 0.4) is 0 Å². The van der Waals surface area contributed by atoms with E-state index in [0.717, 1.165) is 42.9 Å². The number of likely N-dealkylation sites (tertiary alicyclic amines) is 1. The highest BCUT2D eigenvalue weighted by molar-refractivity contribution is 5.70. The van der Waals surface area contributed by atoms with Crippen molar-refractivity contribution in [2.24, 2.45) is 5.92 Å². The van der Waals surface area contributed by atoms with Crippen LogP contribution in [0, 0.1) is 12.8 Å². The number of benzene rings is 1. The lowest BCUT2D eigenvalue weighted by molar-refractivity contribution is -0.143. The van der Waals surface area contributed by atoms with Crippen molar-refractivity contribution in [1.29, 1.82) is 0 Å². The fourth-order valence-corrected chi connectivity index (χ4v) is 2.49. The van der Waals surface area contributed by atoms with Crippen LogP contribution in [-0.4, -0.2) is 42.2 Å². The standard InChI is InChI=1S/C15H22N2O3/c1-11-9-13(4-5-14(11)16)20-8-7-17-6-2-3-12(10-17)15(18)19/h4-5,9,12H,2-3,6-8,10,16H2,1H3,(H,18,19). The second-order valence-electron chi connectivity index (χ2n) is 5.34. The van der Waals surface area contributed by atoms with Gasteiger partial charge in [0.15, 0.2) is 0 Å². The van der Waals surface area contributed by atoms with E-state index < -0.39 is 5.97 Å². The summed E-state index contributed by atoms with van der Waals surface area (Å²) in [5.41, 5.74) is 7.53. The first-order chi connectivity index (χ1) is 9.56. The molecule has 0 amide bonds. The Morgan fingerprint density at radius 1 is 1.55 bits per heavy atom. The number of rotatable bonds is 5.